The molecular formula is C31H37N5O4. The summed E-state index contributed by atoms with van der Waals surface area (Å²) in [6.45, 7) is 9.66. The van der Waals surface area contributed by atoms with Crippen LogP contribution in [0.2, 0.25) is 0 Å². The molecule has 1 heterocycles. The first-order chi connectivity index (χ1) is 19.1. The average molecular weight is 544 g/mol. The van der Waals surface area contributed by atoms with E-state index in [4.69, 9.17) is 9.47 Å². The molecule has 4 rings (SSSR count). The molecule has 9 nitrogen and oxygen atoms in total. The minimum absolute atomic E-state index is 0.123. The number of methoxy groups -OCH3 is 2. The maximum atomic E-state index is 14.5. The Morgan fingerprint density at radius 2 is 1.65 bits per heavy atom. The maximum Gasteiger partial charge on any atom is 0.249 e. The lowest BCUT2D eigenvalue weighted by atomic mass is 9.96. The highest BCUT2D eigenvalue weighted by molar-refractivity contribution is 6.03. The van der Waals surface area contributed by atoms with Gasteiger partial charge in [0, 0.05) is 11.1 Å². The van der Waals surface area contributed by atoms with Crippen molar-refractivity contribution in [2.24, 2.45) is 0 Å². The monoisotopic (exact) mass is 543 g/mol. The van der Waals surface area contributed by atoms with Crippen LogP contribution in [0.25, 0.3) is 11.0 Å². The molecule has 0 fully saturated rings. The summed E-state index contributed by atoms with van der Waals surface area (Å²) in [6, 6.07) is 17.5. The van der Waals surface area contributed by atoms with Gasteiger partial charge in [0.15, 0.2) is 11.5 Å². The van der Waals surface area contributed by atoms with Crippen molar-refractivity contribution in [2.75, 3.05) is 19.1 Å². The number of rotatable bonds is 10. The SMILES string of the molecule is CCC(C)(C)NC(=O)[C@@H](c1cccc(OC)c1OC)N(C(=O)Cn1nnc2ccccc21)c1c(C)cccc1C. The van der Waals surface area contributed by atoms with Gasteiger partial charge in [-0.2, -0.15) is 0 Å². The second-order valence-electron chi connectivity index (χ2n) is 10.5. The lowest BCUT2D eigenvalue weighted by Crippen LogP contribution is -2.51. The Kier molecular flexibility index (Phi) is 8.42. The van der Waals surface area contributed by atoms with Gasteiger partial charge in [-0.05, 0) is 63.4 Å². The Morgan fingerprint density at radius 1 is 0.975 bits per heavy atom. The Labute approximate surface area is 235 Å². The first kappa shape index (κ1) is 28.6. The molecule has 0 saturated carbocycles. The summed E-state index contributed by atoms with van der Waals surface area (Å²) in [5.74, 6) is 0.184. The number of amides is 2. The largest absolute Gasteiger partial charge is 0.493 e. The number of carbonyl (C=O) groups is 2. The first-order valence-electron chi connectivity index (χ1n) is 13.3. The highest BCUT2D eigenvalue weighted by Crippen LogP contribution is 2.41. The highest BCUT2D eigenvalue weighted by Gasteiger charge is 2.38. The Bertz CT molecular complexity index is 1510. The van der Waals surface area contributed by atoms with Gasteiger partial charge in [0.05, 0.1) is 25.4 Å². The van der Waals surface area contributed by atoms with E-state index in [1.165, 1.54) is 7.11 Å². The zero-order chi connectivity index (χ0) is 29.0. The predicted octanol–water partition coefficient (Wildman–Crippen LogP) is 5.14. The Morgan fingerprint density at radius 3 is 2.30 bits per heavy atom. The zero-order valence-electron chi connectivity index (χ0n) is 24.2. The molecule has 1 atom stereocenters. The quantitative estimate of drug-likeness (QED) is 0.297. The normalized spacial score (nSPS) is 12.2. The van der Waals surface area contributed by atoms with E-state index < -0.39 is 11.6 Å². The van der Waals surface area contributed by atoms with E-state index in [1.54, 1.807) is 34.9 Å². The number of benzene rings is 3. The third-order valence-corrected chi connectivity index (χ3v) is 7.23. The molecule has 1 aromatic heterocycles. The lowest BCUT2D eigenvalue weighted by Gasteiger charge is -2.36. The summed E-state index contributed by atoms with van der Waals surface area (Å²) in [6.07, 6.45) is 0.697. The van der Waals surface area contributed by atoms with Crippen molar-refractivity contribution >= 4 is 28.5 Å². The third-order valence-electron chi connectivity index (χ3n) is 7.23. The van der Waals surface area contributed by atoms with E-state index in [-0.39, 0.29) is 18.4 Å². The number of aryl methyl sites for hydroxylation is 2. The van der Waals surface area contributed by atoms with E-state index in [0.29, 0.717) is 34.7 Å². The number of hydrogen-bond donors (Lipinski definition) is 1. The summed E-state index contributed by atoms with van der Waals surface area (Å²) >= 11 is 0. The van der Waals surface area contributed by atoms with Crippen molar-refractivity contribution in [2.45, 2.75) is 59.2 Å². The number of nitrogens with one attached hydrogen (secondary N) is 1. The molecule has 1 N–H and O–H groups in total. The molecule has 0 spiro atoms. The molecular weight excluding hydrogens is 506 g/mol. The van der Waals surface area contributed by atoms with Gasteiger partial charge in [-0.15, -0.1) is 5.10 Å². The number of hydrogen-bond acceptors (Lipinski definition) is 6. The predicted molar refractivity (Wildman–Crippen MR) is 156 cm³/mol. The maximum absolute atomic E-state index is 14.5. The highest BCUT2D eigenvalue weighted by atomic mass is 16.5. The molecule has 0 aliphatic heterocycles. The standard InChI is InChI=1S/C31H37N5O4/c1-8-31(4,5)32-30(38)28(22-15-12-18-25(39-6)29(22)40-7)36(27-20(2)13-11-14-21(27)3)26(37)19-35-24-17-10-9-16-23(24)33-34-35/h9-18,28H,8,19H2,1-7H3,(H,32,38)/t28-/m1/s1. The molecule has 0 unspecified atom stereocenters. The summed E-state index contributed by atoms with van der Waals surface area (Å²) < 4.78 is 12.9. The summed E-state index contributed by atoms with van der Waals surface area (Å²) in [4.78, 5) is 30.3. The fourth-order valence-electron chi connectivity index (χ4n) is 4.84. The summed E-state index contributed by atoms with van der Waals surface area (Å²) in [7, 11) is 3.07. The van der Waals surface area contributed by atoms with E-state index in [1.807, 2.05) is 77.1 Å². The van der Waals surface area contributed by atoms with E-state index >= 15 is 0 Å². The zero-order valence-corrected chi connectivity index (χ0v) is 24.2. The van der Waals surface area contributed by atoms with Crippen LogP contribution in [0, 0.1) is 13.8 Å². The number of carbonyl (C=O) groups excluding carboxylic acids is 2. The van der Waals surface area contributed by atoms with Crippen LogP contribution in [0.4, 0.5) is 5.69 Å². The van der Waals surface area contributed by atoms with Gasteiger partial charge in [-0.1, -0.05) is 54.6 Å². The van der Waals surface area contributed by atoms with Gasteiger partial charge < -0.3 is 14.8 Å². The van der Waals surface area contributed by atoms with Crippen molar-refractivity contribution in [3.8, 4) is 11.5 Å². The second kappa shape index (κ2) is 11.8. The van der Waals surface area contributed by atoms with Crippen molar-refractivity contribution in [1.29, 1.82) is 0 Å². The third kappa shape index (κ3) is 5.64. The minimum atomic E-state index is -1.07. The minimum Gasteiger partial charge on any atom is -0.493 e. The van der Waals surface area contributed by atoms with E-state index in [0.717, 1.165) is 16.6 Å². The van der Waals surface area contributed by atoms with Gasteiger partial charge in [-0.3, -0.25) is 14.5 Å². The average Bonchev–Trinajstić information content (AvgIpc) is 3.34. The molecule has 0 radical (unpaired) electrons. The van der Waals surface area contributed by atoms with Crippen LogP contribution < -0.4 is 19.7 Å². The molecule has 0 aliphatic rings. The Hall–Kier alpha value is -4.40. The fourth-order valence-corrected chi connectivity index (χ4v) is 4.84. The molecule has 4 aromatic rings. The number of nitrogens with zero attached hydrogens (tertiary/aromatic N) is 4. The van der Waals surface area contributed by atoms with Crippen LogP contribution in [-0.2, 0) is 16.1 Å². The van der Waals surface area contributed by atoms with Gasteiger partial charge in [0.25, 0.3) is 0 Å². The first-order valence-corrected chi connectivity index (χ1v) is 13.3. The van der Waals surface area contributed by atoms with E-state index in [9.17, 15) is 9.59 Å². The molecule has 2 amide bonds. The number of ether oxygens (including phenoxy) is 2. The molecule has 0 aliphatic carbocycles. The fraction of sp³-hybridized carbons (Fsp3) is 0.355. The van der Waals surface area contributed by atoms with E-state index in [2.05, 4.69) is 15.6 Å². The van der Waals surface area contributed by atoms with Crippen LogP contribution in [-0.4, -0.2) is 46.6 Å². The van der Waals surface area contributed by atoms with Gasteiger partial charge in [0.2, 0.25) is 11.8 Å². The van der Waals surface area contributed by atoms with Crippen LogP contribution in [0.5, 0.6) is 11.5 Å². The number of fused-ring (bicyclic) bond motifs is 1. The molecule has 210 valence electrons. The molecule has 0 bridgehead atoms. The van der Waals surface area contributed by atoms with Crippen LogP contribution >= 0.6 is 0 Å². The summed E-state index contributed by atoms with van der Waals surface area (Å²) in [5.41, 5.74) is 3.75. The number of aromatic nitrogens is 3. The van der Waals surface area contributed by atoms with Crippen LogP contribution in [0.3, 0.4) is 0 Å². The molecule has 3 aromatic carbocycles. The van der Waals surface area contributed by atoms with Gasteiger partial charge in [-0.25, -0.2) is 4.68 Å². The van der Waals surface area contributed by atoms with Gasteiger partial charge >= 0.3 is 0 Å². The van der Waals surface area contributed by atoms with Crippen LogP contribution in [0.1, 0.15) is 49.9 Å². The van der Waals surface area contributed by atoms with Gasteiger partial charge in [0.1, 0.15) is 18.1 Å². The van der Waals surface area contributed by atoms with Crippen molar-refractivity contribution in [1.82, 2.24) is 20.3 Å². The molecule has 40 heavy (non-hydrogen) atoms. The molecule has 0 saturated heterocycles. The number of para-hydroxylation sites is 3. The van der Waals surface area contributed by atoms with Crippen LogP contribution in [0.15, 0.2) is 60.7 Å². The topological polar surface area (TPSA) is 98.6 Å². The summed E-state index contributed by atoms with van der Waals surface area (Å²) in [5, 5.41) is 11.6. The second-order valence-corrected chi connectivity index (χ2v) is 10.5. The smallest absolute Gasteiger partial charge is 0.249 e. The Balaban J connectivity index is 1.95. The van der Waals surface area contributed by atoms with Crippen molar-refractivity contribution in [3.63, 3.8) is 0 Å². The van der Waals surface area contributed by atoms with Crippen molar-refractivity contribution in [3.05, 3.63) is 77.4 Å². The van der Waals surface area contributed by atoms with Crippen molar-refractivity contribution < 1.29 is 19.1 Å². The lowest BCUT2D eigenvalue weighted by molar-refractivity contribution is -0.128. The number of anilines is 1. The molecule has 9 heteroatoms.